The topological polar surface area (TPSA) is 113 Å². The normalized spacial score (nSPS) is 56.8. The van der Waals surface area contributed by atoms with Gasteiger partial charge in [-0.15, -0.1) is 0 Å². The first-order valence-electron chi connectivity index (χ1n) is 11.3. The van der Waals surface area contributed by atoms with Gasteiger partial charge in [0, 0.05) is 17.5 Å². The van der Waals surface area contributed by atoms with Gasteiger partial charge in [0.15, 0.2) is 0 Å². The predicted octanol–water partition coefficient (Wildman–Crippen LogP) is 1.51. The molecule has 6 nitrogen and oxygen atoms in total. The Balaban J connectivity index is 1.53. The van der Waals surface area contributed by atoms with E-state index in [1.165, 1.54) is 0 Å². The summed E-state index contributed by atoms with van der Waals surface area (Å²) < 4.78 is 5.15. The average molecular weight is 406 g/mol. The molecule has 1 unspecified atom stereocenters. The van der Waals surface area contributed by atoms with Crippen LogP contribution in [0.3, 0.4) is 0 Å². The molecule has 4 saturated carbocycles. The molecule has 0 radical (unpaired) electrons. The highest BCUT2D eigenvalue weighted by Gasteiger charge is 2.71. The number of hydrogen-bond donors (Lipinski definition) is 4. The van der Waals surface area contributed by atoms with Crippen LogP contribution in [-0.2, 0) is 9.53 Å². The summed E-state index contributed by atoms with van der Waals surface area (Å²) in [7, 11) is 0. The fourth-order valence-corrected chi connectivity index (χ4v) is 8.53. The van der Waals surface area contributed by atoms with E-state index in [0.717, 1.165) is 31.3 Å². The van der Waals surface area contributed by atoms with Crippen molar-refractivity contribution in [2.24, 2.45) is 40.2 Å². The molecule has 5 aliphatic rings. The molecular weight excluding hydrogens is 370 g/mol. The number of carbonyl (C=O) groups is 1. The van der Waals surface area contributed by atoms with Gasteiger partial charge < -0.3 is 25.8 Å². The van der Waals surface area contributed by atoms with Gasteiger partial charge in [-0.3, -0.25) is 0 Å². The molecular formula is C23H35NO5. The maximum absolute atomic E-state index is 12.2. The number of aliphatic hydroxyl groups excluding tert-OH is 2. The third kappa shape index (κ3) is 2.40. The molecule has 5 rings (SSSR count). The van der Waals surface area contributed by atoms with Crippen molar-refractivity contribution in [1.82, 2.24) is 0 Å². The van der Waals surface area contributed by atoms with E-state index in [9.17, 15) is 20.1 Å². The lowest BCUT2D eigenvalue weighted by molar-refractivity contribution is -0.247. The number of aliphatic hydroxyl groups is 3. The molecule has 1 aliphatic heterocycles. The zero-order valence-corrected chi connectivity index (χ0v) is 17.5. The van der Waals surface area contributed by atoms with Crippen LogP contribution in [0.25, 0.3) is 0 Å². The standard InChI is InChI=1S/C23H35NO5/c1-21-13(8-14(25)9-18(21)24)3-4-16-17(21)10-19(26)22(2)15(5-6-23(16,22)28)12-7-20(27)29-11-12/h7,13-19,25-26,28H,3-6,8-11,24H2,1-2H3/t13-,14+,15-,16-,17+,18?,19-,21+,22+,23+/m1/s1. The van der Waals surface area contributed by atoms with Gasteiger partial charge >= 0.3 is 5.97 Å². The van der Waals surface area contributed by atoms with E-state index in [2.05, 4.69) is 6.92 Å². The Morgan fingerprint density at radius 1 is 1.10 bits per heavy atom. The maximum atomic E-state index is 12.2. The van der Waals surface area contributed by atoms with Gasteiger partial charge in [0.2, 0.25) is 0 Å². The monoisotopic (exact) mass is 405 g/mol. The molecule has 0 saturated heterocycles. The Kier molecular flexibility index (Phi) is 4.33. The van der Waals surface area contributed by atoms with Crippen molar-refractivity contribution < 1.29 is 24.9 Å². The summed E-state index contributed by atoms with van der Waals surface area (Å²) >= 11 is 0. The van der Waals surface area contributed by atoms with Gasteiger partial charge in [0.1, 0.15) is 6.61 Å². The van der Waals surface area contributed by atoms with Gasteiger partial charge in [-0.05, 0) is 79.6 Å². The minimum absolute atomic E-state index is 0.0396. The zero-order valence-electron chi connectivity index (χ0n) is 17.5. The number of esters is 1. The molecule has 0 spiro atoms. The molecule has 162 valence electrons. The van der Waals surface area contributed by atoms with Crippen molar-refractivity contribution in [1.29, 1.82) is 0 Å². The molecule has 0 bridgehead atoms. The van der Waals surface area contributed by atoms with Gasteiger partial charge in [0.25, 0.3) is 0 Å². The molecule has 0 amide bonds. The number of carbonyl (C=O) groups excluding carboxylic acids is 1. The third-order valence-electron chi connectivity index (χ3n) is 10.3. The number of hydrogen-bond acceptors (Lipinski definition) is 6. The van der Waals surface area contributed by atoms with Gasteiger partial charge in [-0.25, -0.2) is 4.79 Å². The first-order chi connectivity index (χ1) is 13.6. The summed E-state index contributed by atoms with van der Waals surface area (Å²) in [5, 5.41) is 33.9. The van der Waals surface area contributed by atoms with E-state index in [4.69, 9.17) is 10.5 Å². The largest absolute Gasteiger partial charge is 0.458 e. The fourth-order valence-electron chi connectivity index (χ4n) is 8.53. The summed E-state index contributed by atoms with van der Waals surface area (Å²) in [6.07, 6.45) is 5.82. The van der Waals surface area contributed by atoms with Crippen LogP contribution >= 0.6 is 0 Å². The van der Waals surface area contributed by atoms with E-state index in [0.29, 0.717) is 25.2 Å². The van der Waals surface area contributed by atoms with Crippen molar-refractivity contribution in [3.8, 4) is 0 Å². The molecule has 6 heteroatoms. The Hall–Kier alpha value is -0.950. The van der Waals surface area contributed by atoms with Crippen LogP contribution in [0.4, 0.5) is 0 Å². The molecule has 4 aliphatic carbocycles. The van der Waals surface area contributed by atoms with E-state index in [1.54, 1.807) is 6.08 Å². The fraction of sp³-hybridized carbons (Fsp3) is 0.870. The minimum atomic E-state index is -0.976. The van der Waals surface area contributed by atoms with Crippen molar-refractivity contribution in [3.05, 3.63) is 11.6 Å². The SMILES string of the molecule is C[C@]12C(N)C[C@@H](O)C[C@H]1CC[C@@H]1[C@@H]2C[C@@H](O)[C@]2(C)[C@@H](C3=CC(=O)OC3)CC[C@]12O. The number of cyclic esters (lactones) is 1. The lowest BCUT2D eigenvalue weighted by Gasteiger charge is -2.66. The van der Waals surface area contributed by atoms with E-state index >= 15 is 0 Å². The maximum Gasteiger partial charge on any atom is 0.331 e. The molecule has 5 N–H and O–H groups in total. The molecule has 1 heterocycles. The minimum Gasteiger partial charge on any atom is -0.458 e. The third-order valence-corrected chi connectivity index (χ3v) is 10.3. The molecule has 10 atom stereocenters. The van der Waals surface area contributed by atoms with E-state index in [-0.39, 0.29) is 47.9 Å². The van der Waals surface area contributed by atoms with Crippen molar-refractivity contribution >= 4 is 5.97 Å². The lowest BCUT2D eigenvalue weighted by atomic mass is 9.41. The first-order valence-corrected chi connectivity index (χ1v) is 11.3. The number of ether oxygens (including phenoxy) is 1. The van der Waals surface area contributed by atoms with Crippen molar-refractivity contribution in [3.63, 3.8) is 0 Å². The van der Waals surface area contributed by atoms with Crippen LogP contribution in [0.5, 0.6) is 0 Å². The van der Waals surface area contributed by atoms with Gasteiger partial charge in [-0.2, -0.15) is 0 Å². The molecule has 0 aromatic carbocycles. The second-order valence-corrected chi connectivity index (χ2v) is 11.0. The second kappa shape index (κ2) is 6.28. The van der Waals surface area contributed by atoms with Crippen LogP contribution in [0.15, 0.2) is 11.6 Å². The van der Waals surface area contributed by atoms with Crippen LogP contribution in [0, 0.1) is 34.5 Å². The number of rotatable bonds is 1. The Labute approximate surface area is 172 Å². The zero-order chi connectivity index (χ0) is 20.8. The summed E-state index contributed by atoms with van der Waals surface area (Å²) in [6, 6.07) is -0.120. The Bertz CT molecular complexity index is 754. The van der Waals surface area contributed by atoms with Gasteiger partial charge in [0.05, 0.1) is 17.8 Å². The molecule has 4 fully saturated rings. The summed E-state index contributed by atoms with van der Waals surface area (Å²) in [4.78, 5) is 11.7. The number of nitrogens with two attached hydrogens (primary N) is 1. The highest BCUT2D eigenvalue weighted by atomic mass is 16.5. The van der Waals surface area contributed by atoms with Crippen LogP contribution in [0.2, 0.25) is 0 Å². The van der Waals surface area contributed by atoms with Crippen molar-refractivity contribution in [2.75, 3.05) is 6.61 Å². The molecule has 29 heavy (non-hydrogen) atoms. The highest BCUT2D eigenvalue weighted by molar-refractivity contribution is 5.85. The highest BCUT2D eigenvalue weighted by Crippen LogP contribution is 2.69. The number of fused-ring (bicyclic) bond motifs is 5. The van der Waals surface area contributed by atoms with Crippen LogP contribution in [-0.4, -0.2) is 51.7 Å². The average Bonchev–Trinajstić information content (AvgIpc) is 3.19. The predicted molar refractivity (Wildman–Crippen MR) is 106 cm³/mol. The van der Waals surface area contributed by atoms with Crippen LogP contribution < -0.4 is 5.73 Å². The summed E-state index contributed by atoms with van der Waals surface area (Å²) in [5.41, 5.74) is 5.72. The smallest absolute Gasteiger partial charge is 0.331 e. The first kappa shape index (κ1) is 20.0. The Morgan fingerprint density at radius 3 is 2.55 bits per heavy atom. The van der Waals surface area contributed by atoms with E-state index in [1.807, 2.05) is 6.92 Å². The molecule has 0 aromatic heterocycles. The van der Waals surface area contributed by atoms with Gasteiger partial charge in [-0.1, -0.05) is 13.8 Å². The second-order valence-electron chi connectivity index (χ2n) is 11.0. The van der Waals surface area contributed by atoms with Crippen molar-refractivity contribution in [2.45, 2.75) is 82.6 Å². The summed E-state index contributed by atoms with van der Waals surface area (Å²) in [6.45, 7) is 4.54. The summed E-state index contributed by atoms with van der Waals surface area (Å²) in [5.74, 6) is 0.209. The molecule has 0 aromatic rings. The van der Waals surface area contributed by atoms with Crippen LogP contribution in [0.1, 0.15) is 58.8 Å². The quantitative estimate of drug-likeness (QED) is 0.492. The lowest BCUT2D eigenvalue weighted by Crippen LogP contribution is -2.69. The van der Waals surface area contributed by atoms with E-state index < -0.39 is 17.1 Å². The Morgan fingerprint density at radius 2 is 1.86 bits per heavy atom.